The number of amides is 2. The van der Waals surface area contributed by atoms with E-state index in [1.165, 1.54) is 0 Å². The van der Waals surface area contributed by atoms with Crippen molar-refractivity contribution in [1.29, 1.82) is 0 Å². The molecule has 2 aromatic carbocycles. The number of aromatic amines is 1. The predicted octanol–water partition coefficient (Wildman–Crippen LogP) is 3.28. The maximum absolute atomic E-state index is 13.0. The molecule has 1 aliphatic carbocycles. The second kappa shape index (κ2) is 10.8. The fourth-order valence-electron chi connectivity index (χ4n) is 5.50. The monoisotopic (exact) mass is 489 g/mol. The number of carbonyl (C=O) groups excluding carboxylic acids is 2. The van der Waals surface area contributed by atoms with Crippen molar-refractivity contribution in [3.05, 3.63) is 60.3 Å². The molecule has 1 atom stereocenters. The molecule has 2 aliphatic rings. The van der Waals surface area contributed by atoms with Gasteiger partial charge in [0.15, 0.2) is 0 Å². The van der Waals surface area contributed by atoms with Crippen LogP contribution in [-0.2, 0) is 20.7 Å². The van der Waals surface area contributed by atoms with Crippen LogP contribution in [0.4, 0.5) is 11.4 Å². The molecule has 1 aromatic heterocycles. The Morgan fingerprint density at radius 3 is 2.61 bits per heavy atom. The highest BCUT2D eigenvalue weighted by atomic mass is 16.5. The van der Waals surface area contributed by atoms with Crippen LogP contribution in [0.15, 0.2) is 54.7 Å². The van der Waals surface area contributed by atoms with E-state index in [1.807, 2.05) is 59.6 Å². The Hall–Kier alpha value is -3.20. The van der Waals surface area contributed by atoms with Crippen LogP contribution in [0, 0.1) is 0 Å². The summed E-state index contributed by atoms with van der Waals surface area (Å²) in [5, 5.41) is 3.90. The number of rotatable bonds is 7. The number of piperazine rings is 1. The van der Waals surface area contributed by atoms with Gasteiger partial charge in [-0.15, -0.1) is 0 Å². The van der Waals surface area contributed by atoms with Crippen molar-refractivity contribution in [2.45, 2.75) is 50.3 Å². The minimum Gasteiger partial charge on any atom is -0.381 e. The average molecular weight is 490 g/mol. The van der Waals surface area contributed by atoms with Crippen LogP contribution in [-0.4, -0.2) is 66.6 Å². The summed E-state index contributed by atoms with van der Waals surface area (Å²) in [6.07, 6.45) is 6.95. The van der Waals surface area contributed by atoms with E-state index >= 15 is 0 Å². The number of nitrogens with one attached hydrogen (secondary N) is 2. The number of hydrogen-bond donors (Lipinski definition) is 3. The van der Waals surface area contributed by atoms with E-state index in [0.717, 1.165) is 60.1 Å². The molecule has 2 heterocycles. The van der Waals surface area contributed by atoms with Gasteiger partial charge in [-0.05, 0) is 68.0 Å². The summed E-state index contributed by atoms with van der Waals surface area (Å²) in [6.45, 7) is 2.03. The van der Waals surface area contributed by atoms with Crippen molar-refractivity contribution in [3.63, 3.8) is 0 Å². The van der Waals surface area contributed by atoms with E-state index in [4.69, 9.17) is 10.5 Å². The van der Waals surface area contributed by atoms with Crippen LogP contribution in [0.25, 0.3) is 10.9 Å². The quantitative estimate of drug-likeness (QED) is 0.473. The molecule has 0 spiro atoms. The Labute approximate surface area is 211 Å². The van der Waals surface area contributed by atoms with Crippen LogP contribution >= 0.6 is 0 Å². The Balaban J connectivity index is 1.14. The van der Waals surface area contributed by atoms with E-state index in [2.05, 4.69) is 15.2 Å². The van der Waals surface area contributed by atoms with Gasteiger partial charge in [0, 0.05) is 49.0 Å². The first-order chi connectivity index (χ1) is 17.5. The topological polar surface area (TPSA) is 104 Å². The molecule has 2 fully saturated rings. The SMILES string of the molecule is COC1CCC(N2CCN(c3ccc(C[C@H](N)C(=O)Nc4cccc5[nH]ccc45)cc3)C(=O)C2)CC1. The molecule has 2 amide bonds. The molecule has 0 radical (unpaired) electrons. The van der Waals surface area contributed by atoms with Gasteiger partial charge in [0.2, 0.25) is 11.8 Å². The van der Waals surface area contributed by atoms with E-state index in [-0.39, 0.29) is 11.8 Å². The zero-order valence-electron chi connectivity index (χ0n) is 20.8. The number of fused-ring (bicyclic) bond motifs is 1. The lowest BCUT2D eigenvalue weighted by Gasteiger charge is -2.41. The summed E-state index contributed by atoms with van der Waals surface area (Å²) in [7, 11) is 1.78. The molecule has 8 heteroatoms. The number of ether oxygens (including phenoxy) is 1. The third-order valence-corrected chi connectivity index (χ3v) is 7.64. The number of nitrogens with zero attached hydrogens (tertiary/aromatic N) is 2. The molecule has 190 valence electrons. The lowest BCUT2D eigenvalue weighted by molar-refractivity contribution is -0.122. The van der Waals surface area contributed by atoms with Crippen molar-refractivity contribution in [2.75, 3.05) is 37.0 Å². The second-order valence-corrected chi connectivity index (χ2v) is 9.89. The Kier molecular flexibility index (Phi) is 7.36. The summed E-state index contributed by atoms with van der Waals surface area (Å²) >= 11 is 0. The first-order valence-electron chi connectivity index (χ1n) is 12.8. The lowest BCUT2D eigenvalue weighted by Crippen LogP contribution is -2.54. The predicted molar refractivity (Wildman–Crippen MR) is 142 cm³/mol. The van der Waals surface area contributed by atoms with Gasteiger partial charge in [-0.1, -0.05) is 18.2 Å². The highest BCUT2D eigenvalue weighted by Gasteiger charge is 2.32. The molecule has 36 heavy (non-hydrogen) atoms. The van der Waals surface area contributed by atoms with Gasteiger partial charge in [-0.25, -0.2) is 0 Å². The molecular weight excluding hydrogens is 454 g/mol. The van der Waals surface area contributed by atoms with Gasteiger partial charge < -0.3 is 25.7 Å². The normalized spacial score (nSPS) is 22.1. The van der Waals surface area contributed by atoms with Crippen LogP contribution in [0.3, 0.4) is 0 Å². The average Bonchev–Trinajstić information content (AvgIpc) is 3.39. The number of benzene rings is 2. The van der Waals surface area contributed by atoms with Crippen molar-refractivity contribution >= 4 is 34.1 Å². The number of methoxy groups -OCH3 is 1. The molecule has 1 aliphatic heterocycles. The minimum absolute atomic E-state index is 0.137. The highest BCUT2D eigenvalue weighted by Crippen LogP contribution is 2.27. The molecule has 5 rings (SSSR count). The van der Waals surface area contributed by atoms with E-state index in [9.17, 15) is 9.59 Å². The third kappa shape index (κ3) is 5.31. The van der Waals surface area contributed by atoms with Crippen LogP contribution in [0.1, 0.15) is 31.2 Å². The van der Waals surface area contributed by atoms with Crippen molar-refractivity contribution in [2.24, 2.45) is 5.73 Å². The van der Waals surface area contributed by atoms with Gasteiger partial charge in [0.25, 0.3) is 0 Å². The van der Waals surface area contributed by atoms with Gasteiger partial charge in [-0.3, -0.25) is 14.5 Å². The maximum atomic E-state index is 13.0. The number of aromatic nitrogens is 1. The van der Waals surface area contributed by atoms with Gasteiger partial charge in [0.1, 0.15) is 0 Å². The zero-order valence-corrected chi connectivity index (χ0v) is 20.8. The zero-order chi connectivity index (χ0) is 25.1. The summed E-state index contributed by atoms with van der Waals surface area (Å²) in [4.78, 5) is 33.0. The number of H-pyrrole nitrogens is 1. The van der Waals surface area contributed by atoms with Gasteiger partial charge >= 0.3 is 0 Å². The van der Waals surface area contributed by atoms with Crippen molar-refractivity contribution in [3.8, 4) is 0 Å². The first-order valence-corrected chi connectivity index (χ1v) is 12.8. The van der Waals surface area contributed by atoms with Crippen LogP contribution in [0.5, 0.6) is 0 Å². The van der Waals surface area contributed by atoms with Crippen LogP contribution in [0.2, 0.25) is 0 Å². The van der Waals surface area contributed by atoms with E-state index < -0.39 is 6.04 Å². The fraction of sp³-hybridized carbons (Fsp3) is 0.429. The fourth-order valence-corrected chi connectivity index (χ4v) is 5.50. The van der Waals surface area contributed by atoms with Gasteiger partial charge in [-0.2, -0.15) is 0 Å². The number of hydrogen-bond acceptors (Lipinski definition) is 5. The Bertz CT molecular complexity index is 1200. The van der Waals surface area contributed by atoms with Crippen molar-refractivity contribution < 1.29 is 14.3 Å². The molecule has 8 nitrogen and oxygen atoms in total. The summed E-state index contributed by atoms with van der Waals surface area (Å²) in [6, 6.07) is 15.3. The second-order valence-electron chi connectivity index (χ2n) is 9.89. The molecule has 1 saturated carbocycles. The largest absolute Gasteiger partial charge is 0.381 e. The number of nitrogens with two attached hydrogens (primary N) is 1. The summed E-state index contributed by atoms with van der Waals surface area (Å²) in [5.74, 6) is -0.0866. The molecule has 1 saturated heterocycles. The lowest BCUT2D eigenvalue weighted by atomic mass is 9.91. The maximum Gasteiger partial charge on any atom is 0.241 e. The third-order valence-electron chi connectivity index (χ3n) is 7.64. The number of anilines is 2. The van der Waals surface area contributed by atoms with Crippen LogP contribution < -0.4 is 16.0 Å². The van der Waals surface area contributed by atoms with Crippen molar-refractivity contribution in [1.82, 2.24) is 9.88 Å². The van der Waals surface area contributed by atoms with E-state index in [0.29, 0.717) is 31.7 Å². The minimum atomic E-state index is -0.677. The van der Waals surface area contributed by atoms with Gasteiger partial charge in [0.05, 0.1) is 24.4 Å². The molecule has 0 unspecified atom stereocenters. The smallest absolute Gasteiger partial charge is 0.241 e. The van der Waals surface area contributed by atoms with E-state index in [1.54, 1.807) is 7.11 Å². The summed E-state index contributed by atoms with van der Waals surface area (Å²) in [5.41, 5.74) is 9.79. The molecule has 0 bridgehead atoms. The molecular formula is C28H35N5O3. The standard InChI is InChI=1S/C28H35N5O3/c1-36-22-11-9-20(10-12-22)32-15-16-33(27(34)18-32)21-7-5-19(6-8-21)17-24(29)28(35)31-26-4-2-3-25-23(26)13-14-30-25/h2-8,13-14,20,22,24,30H,9-12,15-18,29H2,1H3,(H,31,35)/t20?,22?,24-/m0/s1. The molecule has 3 aromatic rings. The number of carbonyl (C=O) groups is 2. The Morgan fingerprint density at radius 1 is 1.11 bits per heavy atom. The first kappa shape index (κ1) is 24.5. The highest BCUT2D eigenvalue weighted by molar-refractivity contribution is 6.03. The summed E-state index contributed by atoms with van der Waals surface area (Å²) < 4.78 is 5.48. The Morgan fingerprint density at radius 2 is 1.89 bits per heavy atom. The molecule has 4 N–H and O–H groups in total.